The number of para-hydroxylation sites is 2. The van der Waals surface area contributed by atoms with Gasteiger partial charge in [-0.2, -0.15) is 0 Å². The predicted octanol–water partition coefficient (Wildman–Crippen LogP) is 2.63. The fourth-order valence-electron chi connectivity index (χ4n) is 4.56. The van der Waals surface area contributed by atoms with Crippen LogP contribution in [-0.4, -0.2) is 45.4 Å². The molecule has 7 heteroatoms. The number of imidazole rings is 1. The monoisotopic (exact) mass is 388 g/mol. The van der Waals surface area contributed by atoms with Crippen molar-refractivity contribution in [3.8, 4) is 0 Å². The van der Waals surface area contributed by atoms with E-state index in [9.17, 15) is 4.79 Å². The largest absolute Gasteiger partial charge is 0.368 e. The average molecular weight is 388 g/mol. The lowest BCUT2D eigenvalue weighted by atomic mass is 10.1. The van der Waals surface area contributed by atoms with Crippen molar-refractivity contribution in [3.05, 3.63) is 47.7 Å². The molecule has 0 bridgehead atoms. The van der Waals surface area contributed by atoms with Crippen LogP contribution in [0.2, 0.25) is 0 Å². The highest BCUT2D eigenvalue weighted by Gasteiger charge is 2.25. The number of nitrogens with zero attached hydrogens (tertiary/aromatic N) is 4. The van der Waals surface area contributed by atoms with E-state index in [2.05, 4.69) is 35.1 Å². The number of hydrogen-bond donors (Lipinski definition) is 2. The molecule has 148 valence electrons. The number of nitrogens with one attached hydrogen (secondary N) is 1. The van der Waals surface area contributed by atoms with E-state index in [1.807, 2.05) is 41.7 Å². The summed E-state index contributed by atoms with van der Waals surface area (Å²) in [7, 11) is 0. The number of piperazine rings is 1. The molecule has 3 aromatic heterocycles. The topological polar surface area (TPSA) is 88.5 Å². The summed E-state index contributed by atoms with van der Waals surface area (Å²) >= 11 is 0. The molecule has 1 aliphatic rings. The highest BCUT2D eigenvalue weighted by molar-refractivity contribution is 6.07. The number of nitrogens with two attached hydrogens (primary N) is 1. The summed E-state index contributed by atoms with van der Waals surface area (Å²) in [5.74, 6) is -0.485. The summed E-state index contributed by atoms with van der Waals surface area (Å²) in [6.07, 6.45) is 0. The third-order valence-corrected chi connectivity index (χ3v) is 5.61. The second kappa shape index (κ2) is 6.42. The number of hydrogen-bond acceptors (Lipinski definition) is 5. The standard InChI is InChI=1S/C22H24N6O/c1-12-8-19(27-10-13(2)24-14(3)11-27)15-9-16(20(23)29)22-26-17-6-4-5-7-18(17)28(22)21(15)25-12/h4-9,13-14,24H,10-11H2,1-3H3,(H2,23,29). The molecule has 29 heavy (non-hydrogen) atoms. The third kappa shape index (κ3) is 2.81. The highest BCUT2D eigenvalue weighted by atomic mass is 16.1. The number of carbonyl (C=O) groups excluding carboxylic acids is 1. The molecule has 0 spiro atoms. The first kappa shape index (κ1) is 17.9. The Bertz CT molecular complexity index is 1270. The summed E-state index contributed by atoms with van der Waals surface area (Å²) in [5.41, 5.74) is 11.3. The number of anilines is 1. The summed E-state index contributed by atoms with van der Waals surface area (Å²) in [6.45, 7) is 8.16. The van der Waals surface area contributed by atoms with Crippen LogP contribution in [-0.2, 0) is 0 Å². The van der Waals surface area contributed by atoms with Crippen molar-refractivity contribution < 1.29 is 4.79 Å². The van der Waals surface area contributed by atoms with E-state index in [-0.39, 0.29) is 0 Å². The van der Waals surface area contributed by atoms with Crippen molar-refractivity contribution in [1.82, 2.24) is 19.7 Å². The Morgan fingerprint density at radius 2 is 1.83 bits per heavy atom. The van der Waals surface area contributed by atoms with Gasteiger partial charge in [0.2, 0.25) is 0 Å². The Morgan fingerprint density at radius 3 is 2.55 bits per heavy atom. The van der Waals surface area contributed by atoms with Gasteiger partial charge in [-0.15, -0.1) is 0 Å². The first-order chi connectivity index (χ1) is 13.9. The lowest BCUT2D eigenvalue weighted by molar-refractivity contribution is 0.100. The maximum absolute atomic E-state index is 12.3. The fourth-order valence-corrected chi connectivity index (χ4v) is 4.56. The quantitative estimate of drug-likeness (QED) is 0.551. The maximum atomic E-state index is 12.3. The van der Waals surface area contributed by atoms with E-state index in [1.165, 1.54) is 0 Å². The minimum atomic E-state index is -0.485. The number of primary amides is 1. The molecule has 2 unspecified atom stereocenters. The van der Waals surface area contributed by atoms with Crippen LogP contribution >= 0.6 is 0 Å². The summed E-state index contributed by atoms with van der Waals surface area (Å²) < 4.78 is 1.97. The molecule has 4 aromatic rings. The van der Waals surface area contributed by atoms with Gasteiger partial charge in [-0.3, -0.25) is 9.20 Å². The summed E-state index contributed by atoms with van der Waals surface area (Å²) in [4.78, 5) is 24.2. The van der Waals surface area contributed by atoms with Crippen molar-refractivity contribution in [2.75, 3.05) is 18.0 Å². The Balaban J connectivity index is 1.90. The van der Waals surface area contributed by atoms with Crippen molar-refractivity contribution >= 4 is 39.3 Å². The third-order valence-electron chi connectivity index (χ3n) is 5.61. The van der Waals surface area contributed by atoms with Crippen molar-refractivity contribution in [2.24, 2.45) is 5.73 Å². The maximum Gasteiger partial charge on any atom is 0.252 e. The van der Waals surface area contributed by atoms with E-state index in [4.69, 9.17) is 10.7 Å². The number of aryl methyl sites for hydroxylation is 1. The molecule has 0 aliphatic carbocycles. The average Bonchev–Trinajstić information content (AvgIpc) is 3.05. The Labute approximate surface area is 168 Å². The highest BCUT2D eigenvalue weighted by Crippen LogP contribution is 2.32. The van der Waals surface area contributed by atoms with Crippen molar-refractivity contribution in [1.29, 1.82) is 0 Å². The van der Waals surface area contributed by atoms with E-state index in [1.54, 1.807) is 0 Å². The van der Waals surface area contributed by atoms with Crippen LogP contribution in [0.15, 0.2) is 36.4 Å². The van der Waals surface area contributed by atoms with Gasteiger partial charge in [0.1, 0.15) is 5.65 Å². The van der Waals surface area contributed by atoms with E-state index >= 15 is 0 Å². The van der Waals surface area contributed by atoms with Crippen molar-refractivity contribution in [2.45, 2.75) is 32.9 Å². The number of fused-ring (bicyclic) bond motifs is 5. The van der Waals surface area contributed by atoms with Crippen LogP contribution in [0.5, 0.6) is 0 Å². The van der Waals surface area contributed by atoms with Crippen molar-refractivity contribution in [3.63, 3.8) is 0 Å². The van der Waals surface area contributed by atoms with Gasteiger partial charge in [0.05, 0.1) is 16.6 Å². The Hall–Kier alpha value is -3.19. The second-order valence-corrected chi connectivity index (χ2v) is 8.08. The van der Waals surface area contributed by atoms with Gasteiger partial charge < -0.3 is 16.0 Å². The molecule has 1 saturated heterocycles. The molecule has 5 rings (SSSR count). The lowest BCUT2D eigenvalue weighted by Crippen LogP contribution is -2.54. The zero-order valence-corrected chi connectivity index (χ0v) is 16.8. The van der Waals surface area contributed by atoms with Crippen LogP contribution in [0.1, 0.15) is 29.9 Å². The van der Waals surface area contributed by atoms with Gasteiger partial charge in [-0.25, -0.2) is 9.97 Å². The number of pyridine rings is 2. The zero-order valence-electron chi connectivity index (χ0n) is 16.8. The molecule has 4 heterocycles. The minimum absolute atomic E-state index is 0.371. The van der Waals surface area contributed by atoms with E-state index in [0.717, 1.165) is 46.5 Å². The first-order valence-corrected chi connectivity index (χ1v) is 9.94. The van der Waals surface area contributed by atoms with Crippen LogP contribution in [0, 0.1) is 6.92 Å². The predicted molar refractivity (Wildman–Crippen MR) is 116 cm³/mol. The van der Waals surface area contributed by atoms with Gasteiger partial charge in [0, 0.05) is 41.9 Å². The minimum Gasteiger partial charge on any atom is -0.368 e. The number of rotatable bonds is 2. The molecule has 1 aliphatic heterocycles. The van der Waals surface area contributed by atoms with E-state index < -0.39 is 5.91 Å². The molecular weight excluding hydrogens is 364 g/mol. The molecule has 0 saturated carbocycles. The second-order valence-electron chi connectivity index (χ2n) is 8.08. The molecule has 1 aromatic carbocycles. The summed E-state index contributed by atoms with van der Waals surface area (Å²) in [5, 5.41) is 4.49. The first-order valence-electron chi connectivity index (χ1n) is 9.94. The zero-order chi connectivity index (χ0) is 20.3. The van der Waals surface area contributed by atoms with Gasteiger partial charge in [0.25, 0.3) is 5.91 Å². The number of benzene rings is 1. The Kier molecular flexibility index (Phi) is 3.96. The normalized spacial score (nSPS) is 20.0. The molecule has 3 N–H and O–H groups in total. The molecule has 2 atom stereocenters. The van der Waals surface area contributed by atoms with Crippen LogP contribution < -0.4 is 16.0 Å². The number of carbonyl (C=O) groups is 1. The molecule has 1 amide bonds. The van der Waals surface area contributed by atoms with Gasteiger partial charge in [0.15, 0.2) is 5.65 Å². The van der Waals surface area contributed by atoms with Crippen LogP contribution in [0.25, 0.3) is 27.7 Å². The fraction of sp³-hybridized carbons (Fsp3) is 0.318. The molecule has 1 fully saturated rings. The van der Waals surface area contributed by atoms with Crippen LogP contribution in [0.3, 0.4) is 0 Å². The Morgan fingerprint density at radius 1 is 1.10 bits per heavy atom. The van der Waals surface area contributed by atoms with Gasteiger partial charge in [-0.05, 0) is 45.0 Å². The molecule has 0 radical (unpaired) electrons. The smallest absolute Gasteiger partial charge is 0.252 e. The van der Waals surface area contributed by atoms with Crippen LogP contribution in [0.4, 0.5) is 5.69 Å². The van der Waals surface area contributed by atoms with Gasteiger partial charge in [-0.1, -0.05) is 12.1 Å². The molecular formula is C22H24N6O. The van der Waals surface area contributed by atoms with Gasteiger partial charge >= 0.3 is 0 Å². The number of aromatic nitrogens is 3. The molecule has 7 nitrogen and oxygen atoms in total. The SMILES string of the molecule is Cc1cc(N2CC(C)NC(C)C2)c2cc(C(N)=O)c3nc4ccccc4n3c2n1. The van der Waals surface area contributed by atoms with E-state index in [0.29, 0.717) is 23.3 Å². The summed E-state index contributed by atoms with van der Waals surface area (Å²) in [6, 6.07) is 12.5. The lowest BCUT2D eigenvalue weighted by Gasteiger charge is -2.38. The number of amides is 1.